The number of rotatable bonds is 15. The van der Waals surface area contributed by atoms with E-state index in [4.69, 9.17) is 0 Å². The molecule has 0 saturated heterocycles. The Morgan fingerprint density at radius 2 is 0.939 bits per heavy atom. The number of thioether (sulfide) groups is 1. The van der Waals surface area contributed by atoms with E-state index in [-0.39, 0.29) is 5.41 Å². The summed E-state index contributed by atoms with van der Waals surface area (Å²) in [5, 5.41) is 0. The highest BCUT2D eigenvalue weighted by atomic mass is 32.2. The Labute approximate surface area is 216 Å². The van der Waals surface area contributed by atoms with Crippen molar-refractivity contribution >= 4 is 18.0 Å². The van der Waals surface area contributed by atoms with E-state index in [1.165, 1.54) is 102 Å². The Bertz CT molecular complexity index is 403. The standard InChI is InChI=1S/C11H18OS.2C9H20.C2H6/c1-8(2)13-10(7-12)9(3)11(4,5)6;2*1-3-5-7-9-8-6-4-2;1-2/h7H,1H2,2-6H3;2*3-9H2,1-2H3;1-2H3/b10-9+;;;. The van der Waals surface area contributed by atoms with Crippen molar-refractivity contribution in [3.63, 3.8) is 0 Å². The highest BCUT2D eigenvalue weighted by Crippen LogP contribution is 2.33. The molecule has 0 heterocycles. The molecule has 0 unspecified atom stereocenters. The highest BCUT2D eigenvalue weighted by Gasteiger charge is 2.17. The fourth-order valence-electron chi connectivity index (χ4n) is 2.81. The molecule has 1 nitrogen and oxygen atoms in total. The summed E-state index contributed by atoms with van der Waals surface area (Å²) in [5.41, 5.74) is 1.18. The first-order valence-electron chi connectivity index (χ1n) is 14.1. The van der Waals surface area contributed by atoms with Crippen LogP contribution in [0.4, 0.5) is 0 Å². The molecule has 33 heavy (non-hydrogen) atoms. The Balaban J connectivity index is -0.000000188. The van der Waals surface area contributed by atoms with Gasteiger partial charge in [0, 0.05) is 0 Å². The molecule has 0 aromatic heterocycles. The van der Waals surface area contributed by atoms with Gasteiger partial charge < -0.3 is 0 Å². The fraction of sp³-hybridized carbons (Fsp3) is 0.839. The predicted octanol–water partition coefficient (Wildman–Crippen LogP) is 12.3. The van der Waals surface area contributed by atoms with Gasteiger partial charge in [-0.2, -0.15) is 0 Å². The van der Waals surface area contributed by atoms with E-state index in [1.807, 2.05) is 27.7 Å². The SMILES string of the molecule is C=C(C)S/C(C=O)=C(\C)C(C)(C)C.CC.CCCCCCCCC.CCCCCCCCC. The van der Waals surface area contributed by atoms with Crippen molar-refractivity contribution in [3.05, 3.63) is 22.0 Å². The van der Waals surface area contributed by atoms with E-state index in [9.17, 15) is 4.79 Å². The Hall–Kier alpha value is -0.500. The largest absolute Gasteiger partial charge is 0.297 e. The summed E-state index contributed by atoms with van der Waals surface area (Å²) in [4.78, 5) is 12.6. The summed E-state index contributed by atoms with van der Waals surface area (Å²) < 4.78 is 0. The molecular formula is C31H64OS. The molecule has 0 atom stereocenters. The highest BCUT2D eigenvalue weighted by molar-refractivity contribution is 8.07. The third-order valence-electron chi connectivity index (χ3n) is 5.30. The molecule has 200 valence electrons. The predicted molar refractivity (Wildman–Crippen MR) is 159 cm³/mol. The van der Waals surface area contributed by atoms with E-state index >= 15 is 0 Å². The molecule has 0 amide bonds. The lowest BCUT2D eigenvalue weighted by atomic mass is 9.87. The molecule has 0 aromatic rings. The maximum absolute atomic E-state index is 10.8. The maximum Gasteiger partial charge on any atom is 0.156 e. The molecule has 0 radical (unpaired) electrons. The third-order valence-corrected chi connectivity index (χ3v) is 6.27. The number of hydrogen-bond acceptors (Lipinski definition) is 2. The summed E-state index contributed by atoms with van der Waals surface area (Å²) in [5.74, 6) is 0. The summed E-state index contributed by atoms with van der Waals surface area (Å²) in [6.07, 6.45) is 20.9. The van der Waals surface area contributed by atoms with Crippen LogP contribution in [-0.2, 0) is 4.79 Å². The molecular weight excluding hydrogens is 420 g/mol. The van der Waals surface area contributed by atoms with Crippen LogP contribution < -0.4 is 0 Å². The second-order valence-corrected chi connectivity index (χ2v) is 11.0. The van der Waals surface area contributed by atoms with Gasteiger partial charge in [0.25, 0.3) is 0 Å². The second kappa shape index (κ2) is 31.5. The fourth-order valence-corrected chi connectivity index (χ4v) is 3.69. The van der Waals surface area contributed by atoms with Crippen molar-refractivity contribution in [3.8, 4) is 0 Å². The van der Waals surface area contributed by atoms with Gasteiger partial charge in [-0.15, -0.1) is 0 Å². The normalized spacial score (nSPS) is 11.0. The Morgan fingerprint density at radius 3 is 1.12 bits per heavy atom. The van der Waals surface area contributed by atoms with Crippen LogP contribution in [0.2, 0.25) is 0 Å². The third kappa shape index (κ3) is 36.2. The second-order valence-electron chi connectivity index (χ2n) is 9.70. The van der Waals surface area contributed by atoms with Crippen LogP contribution in [0.1, 0.15) is 166 Å². The van der Waals surface area contributed by atoms with Gasteiger partial charge in [0.05, 0.1) is 4.91 Å². The van der Waals surface area contributed by atoms with Crippen molar-refractivity contribution in [2.75, 3.05) is 0 Å². The molecule has 0 fully saturated rings. The summed E-state index contributed by atoms with van der Waals surface area (Å²) in [7, 11) is 0. The maximum atomic E-state index is 10.8. The average Bonchev–Trinajstić information content (AvgIpc) is 2.78. The van der Waals surface area contributed by atoms with Gasteiger partial charge in [0.15, 0.2) is 6.29 Å². The van der Waals surface area contributed by atoms with Gasteiger partial charge in [-0.05, 0) is 24.2 Å². The van der Waals surface area contributed by atoms with Gasteiger partial charge in [0.1, 0.15) is 0 Å². The molecule has 0 aromatic carbocycles. The smallest absolute Gasteiger partial charge is 0.156 e. The van der Waals surface area contributed by atoms with E-state index in [1.54, 1.807) is 0 Å². The zero-order valence-corrected chi connectivity index (χ0v) is 25.8. The number of aldehydes is 1. The first kappa shape index (κ1) is 39.7. The molecule has 0 aliphatic carbocycles. The van der Waals surface area contributed by atoms with Crippen molar-refractivity contribution < 1.29 is 4.79 Å². The van der Waals surface area contributed by atoms with Crippen molar-refractivity contribution in [2.24, 2.45) is 5.41 Å². The zero-order chi connectivity index (χ0) is 26.5. The van der Waals surface area contributed by atoms with Crippen LogP contribution in [0.15, 0.2) is 22.0 Å². The minimum atomic E-state index is 0.0543. The van der Waals surface area contributed by atoms with Gasteiger partial charge >= 0.3 is 0 Å². The number of carbonyl (C=O) groups is 1. The lowest BCUT2D eigenvalue weighted by molar-refractivity contribution is -0.104. The van der Waals surface area contributed by atoms with Crippen LogP contribution in [0.5, 0.6) is 0 Å². The Morgan fingerprint density at radius 1 is 0.667 bits per heavy atom. The lowest BCUT2D eigenvalue weighted by Gasteiger charge is -2.21. The molecule has 0 aliphatic heterocycles. The summed E-state index contributed by atoms with van der Waals surface area (Å²) in [6, 6.07) is 0. The van der Waals surface area contributed by atoms with Crippen LogP contribution in [-0.4, -0.2) is 6.29 Å². The molecule has 0 bridgehead atoms. The van der Waals surface area contributed by atoms with E-state index in [0.29, 0.717) is 0 Å². The molecule has 0 aliphatic rings. The van der Waals surface area contributed by atoms with Crippen LogP contribution in [0, 0.1) is 5.41 Å². The van der Waals surface area contributed by atoms with Gasteiger partial charge in [0.2, 0.25) is 0 Å². The number of allylic oxidation sites excluding steroid dienone is 3. The van der Waals surface area contributed by atoms with Crippen molar-refractivity contribution in [2.45, 2.75) is 166 Å². The van der Waals surface area contributed by atoms with Crippen LogP contribution >= 0.6 is 11.8 Å². The topological polar surface area (TPSA) is 17.1 Å². The minimum absolute atomic E-state index is 0.0543. The molecule has 0 spiro atoms. The van der Waals surface area contributed by atoms with E-state index < -0.39 is 0 Å². The lowest BCUT2D eigenvalue weighted by Crippen LogP contribution is -2.09. The van der Waals surface area contributed by atoms with E-state index in [0.717, 1.165) is 21.7 Å². The number of hydrogen-bond donors (Lipinski definition) is 0. The first-order chi connectivity index (χ1) is 15.6. The first-order valence-corrected chi connectivity index (χ1v) is 14.9. The molecule has 0 N–H and O–H groups in total. The van der Waals surface area contributed by atoms with Crippen LogP contribution in [0.25, 0.3) is 0 Å². The van der Waals surface area contributed by atoms with Crippen LogP contribution in [0.3, 0.4) is 0 Å². The zero-order valence-electron chi connectivity index (χ0n) is 25.0. The van der Waals surface area contributed by atoms with Gasteiger partial charge in [-0.1, -0.05) is 176 Å². The molecule has 2 heteroatoms. The van der Waals surface area contributed by atoms with Gasteiger partial charge in [-0.3, -0.25) is 4.79 Å². The molecule has 0 saturated carbocycles. The van der Waals surface area contributed by atoms with Crippen molar-refractivity contribution in [1.82, 2.24) is 0 Å². The quantitative estimate of drug-likeness (QED) is 0.130. The van der Waals surface area contributed by atoms with E-state index in [2.05, 4.69) is 55.0 Å². The van der Waals surface area contributed by atoms with Crippen molar-refractivity contribution in [1.29, 1.82) is 0 Å². The molecule has 0 rings (SSSR count). The number of unbranched alkanes of at least 4 members (excludes halogenated alkanes) is 12. The number of carbonyl (C=O) groups excluding carboxylic acids is 1. The summed E-state index contributed by atoms with van der Waals surface area (Å²) >= 11 is 1.45. The Kier molecular flexibility index (Phi) is 37.9. The monoisotopic (exact) mass is 484 g/mol. The summed E-state index contributed by atoms with van der Waals surface area (Å²) in [6.45, 7) is 27.0. The minimum Gasteiger partial charge on any atom is -0.297 e. The van der Waals surface area contributed by atoms with Gasteiger partial charge in [-0.25, -0.2) is 0 Å². The average molecular weight is 485 g/mol.